The predicted octanol–water partition coefficient (Wildman–Crippen LogP) is 2.83. The molecule has 0 aliphatic rings. The van der Waals surface area contributed by atoms with Crippen LogP contribution in [0.2, 0.25) is 0 Å². The Kier molecular flexibility index (Phi) is 6.16. The SMILES string of the molecule is Cc1cc(OCCN)c(C)cc1Br.Cl. The molecule has 0 aliphatic heterocycles. The second-order valence-corrected chi connectivity index (χ2v) is 3.86. The molecule has 2 nitrogen and oxygen atoms in total. The van der Waals surface area contributed by atoms with Crippen molar-refractivity contribution in [1.29, 1.82) is 0 Å². The van der Waals surface area contributed by atoms with Crippen molar-refractivity contribution in [2.24, 2.45) is 5.73 Å². The first-order chi connectivity index (χ1) is 6.15. The maximum absolute atomic E-state index is 5.48. The fraction of sp³-hybridized carbons (Fsp3) is 0.400. The molecule has 80 valence electrons. The Morgan fingerprint density at radius 2 is 1.93 bits per heavy atom. The molecule has 4 heteroatoms. The molecular formula is C10H15BrClNO. The molecule has 0 saturated carbocycles. The van der Waals surface area contributed by atoms with Crippen molar-refractivity contribution in [1.82, 2.24) is 0 Å². The smallest absolute Gasteiger partial charge is 0.122 e. The lowest BCUT2D eigenvalue weighted by molar-refractivity contribution is 0.326. The third-order valence-electron chi connectivity index (χ3n) is 1.83. The maximum Gasteiger partial charge on any atom is 0.122 e. The molecule has 0 spiro atoms. The van der Waals surface area contributed by atoms with E-state index in [1.807, 2.05) is 19.9 Å². The van der Waals surface area contributed by atoms with Crippen LogP contribution in [0.4, 0.5) is 0 Å². The fourth-order valence-electron chi connectivity index (χ4n) is 1.08. The summed E-state index contributed by atoms with van der Waals surface area (Å²) < 4.78 is 6.59. The van der Waals surface area contributed by atoms with Gasteiger partial charge in [0.15, 0.2) is 0 Å². The zero-order valence-electron chi connectivity index (χ0n) is 8.34. The van der Waals surface area contributed by atoms with E-state index in [9.17, 15) is 0 Å². The van der Waals surface area contributed by atoms with E-state index in [2.05, 4.69) is 22.0 Å². The van der Waals surface area contributed by atoms with Gasteiger partial charge in [0.25, 0.3) is 0 Å². The molecule has 0 unspecified atom stereocenters. The number of hydrogen-bond acceptors (Lipinski definition) is 2. The summed E-state index contributed by atoms with van der Waals surface area (Å²) in [6.07, 6.45) is 0. The second-order valence-electron chi connectivity index (χ2n) is 3.00. The van der Waals surface area contributed by atoms with E-state index in [0.717, 1.165) is 15.8 Å². The average Bonchev–Trinajstić information content (AvgIpc) is 2.09. The number of halogens is 2. The lowest BCUT2D eigenvalue weighted by Crippen LogP contribution is -2.11. The van der Waals surface area contributed by atoms with Crippen LogP contribution in [0.1, 0.15) is 11.1 Å². The van der Waals surface area contributed by atoms with Crippen LogP contribution in [-0.2, 0) is 0 Å². The summed E-state index contributed by atoms with van der Waals surface area (Å²) in [5.41, 5.74) is 7.67. The first-order valence-electron chi connectivity index (χ1n) is 4.24. The van der Waals surface area contributed by atoms with Gasteiger partial charge in [-0.2, -0.15) is 0 Å². The Balaban J connectivity index is 0.00000169. The molecule has 0 aromatic heterocycles. The van der Waals surface area contributed by atoms with Crippen LogP contribution >= 0.6 is 28.3 Å². The summed E-state index contributed by atoms with van der Waals surface area (Å²) >= 11 is 3.47. The number of nitrogens with two attached hydrogens (primary N) is 1. The standard InChI is InChI=1S/C10H14BrNO.ClH/c1-7-6-10(13-4-3-12)8(2)5-9(7)11;/h5-6H,3-4,12H2,1-2H3;1H. The minimum absolute atomic E-state index is 0. The molecule has 0 amide bonds. The van der Waals surface area contributed by atoms with Crippen molar-refractivity contribution >= 4 is 28.3 Å². The Morgan fingerprint density at radius 3 is 2.50 bits per heavy atom. The number of benzene rings is 1. The zero-order chi connectivity index (χ0) is 9.84. The number of ether oxygens (including phenoxy) is 1. The summed E-state index contributed by atoms with van der Waals surface area (Å²) in [6, 6.07) is 4.08. The Bertz CT molecular complexity index is 304. The Morgan fingerprint density at radius 1 is 1.29 bits per heavy atom. The van der Waals surface area contributed by atoms with E-state index in [1.165, 1.54) is 5.56 Å². The van der Waals surface area contributed by atoms with Crippen LogP contribution in [-0.4, -0.2) is 13.2 Å². The van der Waals surface area contributed by atoms with E-state index in [1.54, 1.807) is 0 Å². The van der Waals surface area contributed by atoms with E-state index in [0.29, 0.717) is 13.2 Å². The molecule has 0 radical (unpaired) electrons. The quantitative estimate of drug-likeness (QED) is 0.924. The van der Waals surface area contributed by atoms with Gasteiger partial charge in [0.1, 0.15) is 12.4 Å². The van der Waals surface area contributed by atoms with Gasteiger partial charge < -0.3 is 10.5 Å². The minimum Gasteiger partial charge on any atom is -0.492 e. The molecule has 0 heterocycles. The lowest BCUT2D eigenvalue weighted by atomic mass is 10.1. The maximum atomic E-state index is 5.48. The summed E-state index contributed by atoms with van der Waals surface area (Å²) in [5, 5.41) is 0. The fourth-order valence-corrected chi connectivity index (χ4v) is 1.54. The highest BCUT2D eigenvalue weighted by atomic mass is 79.9. The van der Waals surface area contributed by atoms with Crippen LogP contribution in [0.5, 0.6) is 5.75 Å². The first-order valence-corrected chi connectivity index (χ1v) is 5.04. The number of aryl methyl sites for hydroxylation is 2. The summed E-state index contributed by atoms with van der Waals surface area (Å²) in [6.45, 7) is 5.19. The van der Waals surface area contributed by atoms with Gasteiger partial charge in [-0.15, -0.1) is 12.4 Å². The van der Waals surface area contributed by atoms with Crippen molar-refractivity contribution in [3.63, 3.8) is 0 Å². The topological polar surface area (TPSA) is 35.2 Å². The van der Waals surface area contributed by atoms with Crippen LogP contribution in [0.3, 0.4) is 0 Å². The molecule has 0 fully saturated rings. The molecule has 1 rings (SSSR count). The predicted molar refractivity (Wildman–Crippen MR) is 65.4 cm³/mol. The molecule has 1 aromatic rings. The summed E-state index contributed by atoms with van der Waals surface area (Å²) in [7, 11) is 0. The molecule has 1 aromatic carbocycles. The van der Waals surface area contributed by atoms with Crippen LogP contribution < -0.4 is 10.5 Å². The van der Waals surface area contributed by atoms with Gasteiger partial charge >= 0.3 is 0 Å². The van der Waals surface area contributed by atoms with Gasteiger partial charge in [-0.25, -0.2) is 0 Å². The normalized spacial score (nSPS) is 9.43. The van der Waals surface area contributed by atoms with Crippen LogP contribution in [0.15, 0.2) is 16.6 Å². The van der Waals surface area contributed by atoms with Crippen LogP contribution in [0.25, 0.3) is 0 Å². The summed E-state index contributed by atoms with van der Waals surface area (Å²) in [4.78, 5) is 0. The average molecular weight is 281 g/mol. The van der Waals surface area contributed by atoms with Crippen molar-refractivity contribution in [3.8, 4) is 5.75 Å². The van der Waals surface area contributed by atoms with Gasteiger partial charge in [0.05, 0.1) is 0 Å². The third-order valence-corrected chi connectivity index (χ3v) is 2.69. The number of rotatable bonds is 3. The van der Waals surface area contributed by atoms with E-state index >= 15 is 0 Å². The van der Waals surface area contributed by atoms with Gasteiger partial charge in [-0.05, 0) is 37.1 Å². The second kappa shape index (κ2) is 6.27. The molecule has 0 aliphatic carbocycles. The molecular weight excluding hydrogens is 265 g/mol. The van der Waals surface area contributed by atoms with Crippen molar-refractivity contribution in [2.75, 3.05) is 13.2 Å². The monoisotopic (exact) mass is 279 g/mol. The van der Waals surface area contributed by atoms with Crippen molar-refractivity contribution in [2.45, 2.75) is 13.8 Å². The Labute approximate surface area is 99.4 Å². The van der Waals surface area contributed by atoms with Gasteiger partial charge in [0.2, 0.25) is 0 Å². The van der Waals surface area contributed by atoms with Crippen molar-refractivity contribution in [3.05, 3.63) is 27.7 Å². The summed E-state index contributed by atoms with van der Waals surface area (Å²) in [5.74, 6) is 0.922. The van der Waals surface area contributed by atoms with E-state index < -0.39 is 0 Å². The Hall–Kier alpha value is -0.250. The highest BCUT2D eigenvalue weighted by Gasteiger charge is 2.02. The minimum atomic E-state index is 0. The molecule has 0 atom stereocenters. The van der Waals surface area contributed by atoms with E-state index in [-0.39, 0.29) is 12.4 Å². The molecule has 14 heavy (non-hydrogen) atoms. The van der Waals surface area contributed by atoms with Crippen molar-refractivity contribution < 1.29 is 4.74 Å². The third kappa shape index (κ3) is 3.48. The molecule has 0 bridgehead atoms. The zero-order valence-corrected chi connectivity index (χ0v) is 10.7. The van der Waals surface area contributed by atoms with Gasteiger partial charge in [-0.1, -0.05) is 15.9 Å². The largest absolute Gasteiger partial charge is 0.492 e. The van der Waals surface area contributed by atoms with Crippen LogP contribution in [0, 0.1) is 13.8 Å². The van der Waals surface area contributed by atoms with Gasteiger partial charge in [-0.3, -0.25) is 0 Å². The molecule has 0 saturated heterocycles. The highest BCUT2D eigenvalue weighted by molar-refractivity contribution is 9.10. The first kappa shape index (κ1) is 13.8. The van der Waals surface area contributed by atoms with Gasteiger partial charge in [0, 0.05) is 11.0 Å². The highest BCUT2D eigenvalue weighted by Crippen LogP contribution is 2.26. The number of hydrogen-bond donors (Lipinski definition) is 1. The lowest BCUT2D eigenvalue weighted by Gasteiger charge is -2.09. The molecule has 2 N–H and O–H groups in total. The van der Waals surface area contributed by atoms with E-state index in [4.69, 9.17) is 10.5 Å².